The minimum atomic E-state index is -0.844. The number of carbonyl (C=O) groups excluding carboxylic acids is 2. The molecule has 0 bridgehead atoms. The molecule has 8 heteroatoms. The van der Waals surface area contributed by atoms with Crippen molar-refractivity contribution >= 4 is 40.7 Å². The van der Waals surface area contributed by atoms with Gasteiger partial charge in [0.05, 0.1) is 18.7 Å². The van der Waals surface area contributed by atoms with Crippen molar-refractivity contribution in [1.82, 2.24) is 4.90 Å². The standard InChI is InChI=1S/C23H23Cl2NO5/c1-13-11-15(31-3)6-8-16(13)21(27)19-20(17-7-5-14(24)12-18(17)25)26(9-4-10-30-2)23(29)22(19)28/h5-8,11-12,20,27H,4,9-10H2,1-3H3/b21-19+. The van der Waals surface area contributed by atoms with E-state index in [9.17, 15) is 14.7 Å². The van der Waals surface area contributed by atoms with Crippen LogP contribution in [-0.2, 0) is 14.3 Å². The Morgan fingerprint density at radius 2 is 1.87 bits per heavy atom. The largest absolute Gasteiger partial charge is 0.507 e. The van der Waals surface area contributed by atoms with Crippen LogP contribution in [-0.4, -0.2) is 49.1 Å². The minimum Gasteiger partial charge on any atom is -0.507 e. The van der Waals surface area contributed by atoms with E-state index in [2.05, 4.69) is 0 Å². The molecule has 3 rings (SSSR count). The maximum Gasteiger partial charge on any atom is 0.295 e. The number of halogens is 2. The molecular formula is C23H23Cl2NO5. The van der Waals surface area contributed by atoms with Crippen LogP contribution in [0.5, 0.6) is 5.75 Å². The summed E-state index contributed by atoms with van der Waals surface area (Å²) in [5.41, 5.74) is 1.63. The zero-order valence-electron chi connectivity index (χ0n) is 17.4. The van der Waals surface area contributed by atoms with E-state index in [1.165, 1.54) is 4.90 Å². The molecule has 6 nitrogen and oxygen atoms in total. The van der Waals surface area contributed by atoms with Gasteiger partial charge in [0.25, 0.3) is 11.7 Å². The van der Waals surface area contributed by atoms with E-state index in [-0.39, 0.29) is 17.9 Å². The molecule has 2 aromatic rings. The van der Waals surface area contributed by atoms with Crippen LogP contribution in [0.2, 0.25) is 10.0 Å². The number of hydrogen-bond donors (Lipinski definition) is 1. The summed E-state index contributed by atoms with van der Waals surface area (Å²) in [5, 5.41) is 11.9. The first kappa shape index (κ1) is 23.1. The van der Waals surface area contributed by atoms with Gasteiger partial charge in [-0.25, -0.2) is 0 Å². The van der Waals surface area contributed by atoms with E-state index in [0.717, 1.165) is 0 Å². The van der Waals surface area contributed by atoms with Gasteiger partial charge in [-0.15, -0.1) is 0 Å². The zero-order valence-corrected chi connectivity index (χ0v) is 19.0. The van der Waals surface area contributed by atoms with Crippen molar-refractivity contribution in [3.05, 3.63) is 68.7 Å². The lowest BCUT2D eigenvalue weighted by Gasteiger charge is -2.26. The van der Waals surface area contributed by atoms with E-state index < -0.39 is 17.7 Å². The van der Waals surface area contributed by atoms with Crippen molar-refractivity contribution in [2.75, 3.05) is 27.4 Å². The Kier molecular flexibility index (Phi) is 7.26. The SMILES string of the molecule is COCCCN1C(=O)C(=O)/C(=C(/O)c2ccc(OC)cc2C)C1c1ccc(Cl)cc1Cl. The third-order valence-electron chi connectivity index (χ3n) is 5.23. The van der Waals surface area contributed by atoms with Crippen LogP contribution in [0, 0.1) is 6.92 Å². The average molecular weight is 464 g/mol. The van der Waals surface area contributed by atoms with Crippen molar-refractivity contribution in [3.63, 3.8) is 0 Å². The van der Waals surface area contributed by atoms with E-state index in [1.807, 2.05) is 0 Å². The normalized spacial score (nSPS) is 18.0. The molecule has 31 heavy (non-hydrogen) atoms. The van der Waals surface area contributed by atoms with E-state index in [4.69, 9.17) is 32.7 Å². The number of aliphatic hydroxyl groups is 1. The van der Waals surface area contributed by atoms with Gasteiger partial charge in [-0.05, 0) is 54.8 Å². The number of likely N-dealkylation sites (tertiary alicyclic amines) is 1. The lowest BCUT2D eigenvalue weighted by atomic mass is 9.93. The topological polar surface area (TPSA) is 76.1 Å². The highest BCUT2D eigenvalue weighted by Crippen LogP contribution is 2.43. The second kappa shape index (κ2) is 9.73. The Bertz CT molecular complexity index is 1050. The summed E-state index contributed by atoms with van der Waals surface area (Å²) in [7, 11) is 3.11. The number of Topliss-reactive ketones (excluding diaryl/α,β-unsaturated/α-hetero) is 1. The smallest absolute Gasteiger partial charge is 0.295 e. The second-order valence-corrected chi connectivity index (χ2v) is 8.03. The van der Waals surface area contributed by atoms with Gasteiger partial charge in [-0.2, -0.15) is 0 Å². The molecule has 1 unspecified atom stereocenters. The average Bonchev–Trinajstić information content (AvgIpc) is 2.98. The Morgan fingerprint density at radius 3 is 2.48 bits per heavy atom. The van der Waals surface area contributed by atoms with Crippen molar-refractivity contribution in [3.8, 4) is 5.75 Å². The molecular weight excluding hydrogens is 441 g/mol. The number of hydrogen-bond acceptors (Lipinski definition) is 5. The van der Waals surface area contributed by atoms with Gasteiger partial charge in [0.1, 0.15) is 11.5 Å². The van der Waals surface area contributed by atoms with Gasteiger partial charge in [0.15, 0.2) is 0 Å². The minimum absolute atomic E-state index is 0.0140. The number of rotatable bonds is 7. The molecule has 1 atom stereocenters. The summed E-state index contributed by atoms with van der Waals surface area (Å²) in [4.78, 5) is 27.3. The van der Waals surface area contributed by atoms with Crippen LogP contribution in [0.1, 0.15) is 29.2 Å². The molecule has 1 aliphatic heterocycles. The van der Waals surface area contributed by atoms with Crippen molar-refractivity contribution in [2.24, 2.45) is 0 Å². The number of amides is 1. The number of ketones is 1. The number of methoxy groups -OCH3 is 2. The lowest BCUT2D eigenvalue weighted by molar-refractivity contribution is -0.140. The van der Waals surface area contributed by atoms with E-state index in [1.54, 1.807) is 57.5 Å². The fourth-order valence-electron chi connectivity index (χ4n) is 3.71. The van der Waals surface area contributed by atoms with Crippen LogP contribution in [0.3, 0.4) is 0 Å². The van der Waals surface area contributed by atoms with Gasteiger partial charge in [0, 0.05) is 35.9 Å². The quantitative estimate of drug-likeness (QED) is 0.277. The van der Waals surface area contributed by atoms with Crippen LogP contribution >= 0.6 is 23.2 Å². The molecule has 2 aromatic carbocycles. The first-order valence-corrected chi connectivity index (χ1v) is 10.4. The molecule has 0 aromatic heterocycles. The first-order valence-electron chi connectivity index (χ1n) is 9.67. The molecule has 0 aliphatic carbocycles. The van der Waals surface area contributed by atoms with Crippen LogP contribution in [0.25, 0.3) is 5.76 Å². The van der Waals surface area contributed by atoms with Crippen LogP contribution in [0.4, 0.5) is 0 Å². The summed E-state index contributed by atoms with van der Waals surface area (Å²) in [5.74, 6) is -1.10. The Balaban J connectivity index is 2.18. The van der Waals surface area contributed by atoms with Gasteiger partial charge < -0.3 is 19.5 Å². The number of aliphatic hydroxyl groups excluding tert-OH is 1. The highest BCUT2D eigenvalue weighted by molar-refractivity contribution is 6.47. The van der Waals surface area contributed by atoms with Gasteiger partial charge in [-0.1, -0.05) is 29.3 Å². The van der Waals surface area contributed by atoms with Gasteiger partial charge >= 0.3 is 0 Å². The van der Waals surface area contributed by atoms with Crippen molar-refractivity contribution in [1.29, 1.82) is 0 Å². The Morgan fingerprint density at radius 1 is 1.13 bits per heavy atom. The second-order valence-electron chi connectivity index (χ2n) is 7.19. The summed E-state index contributed by atoms with van der Waals surface area (Å²) in [6, 6.07) is 9.09. The highest BCUT2D eigenvalue weighted by Gasteiger charge is 2.46. The Labute approximate surface area is 191 Å². The number of ether oxygens (including phenoxy) is 2. The maximum atomic E-state index is 13.0. The number of aryl methyl sites for hydroxylation is 1. The fraction of sp³-hybridized carbons (Fsp3) is 0.304. The molecule has 1 N–H and O–H groups in total. The summed E-state index contributed by atoms with van der Waals surface area (Å²) in [6.07, 6.45) is 0.521. The summed E-state index contributed by atoms with van der Waals surface area (Å²) in [6.45, 7) is 2.47. The molecule has 0 spiro atoms. The van der Waals surface area contributed by atoms with Crippen LogP contribution in [0.15, 0.2) is 42.0 Å². The Hall–Kier alpha value is -2.54. The van der Waals surface area contributed by atoms with E-state index in [0.29, 0.717) is 45.5 Å². The molecule has 1 fully saturated rings. The fourth-order valence-corrected chi connectivity index (χ4v) is 4.22. The first-order chi connectivity index (χ1) is 14.8. The summed E-state index contributed by atoms with van der Waals surface area (Å²) >= 11 is 12.5. The van der Waals surface area contributed by atoms with Gasteiger partial charge in [-0.3, -0.25) is 9.59 Å². The maximum absolute atomic E-state index is 13.0. The monoisotopic (exact) mass is 463 g/mol. The highest BCUT2D eigenvalue weighted by atomic mass is 35.5. The molecule has 1 aliphatic rings. The van der Waals surface area contributed by atoms with Crippen molar-refractivity contribution < 1.29 is 24.2 Å². The molecule has 1 amide bonds. The van der Waals surface area contributed by atoms with Gasteiger partial charge in [0.2, 0.25) is 0 Å². The molecule has 164 valence electrons. The predicted molar refractivity (Wildman–Crippen MR) is 120 cm³/mol. The summed E-state index contributed by atoms with van der Waals surface area (Å²) < 4.78 is 10.3. The third kappa shape index (κ3) is 4.56. The predicted octanol–water partition coefficient (Wildman–Crippen LogP) is 4.77. The molecule has 1 saturated heterocycles. The molecule has 0 radical (unpaired) electrons. The number of nitrogens with zero attached hydrogens (tertiary/aromatic N) is 1. The molecule has 0 saturated carbocycles. The number of carbonyl (C=O) groups is 2. The van der Waals surface area contributed by atoms with E-state index >= 15 is 0 Å². The molecule has 1 heterocycles. The third-order valence-corrected chi connectivity index (χ3v) is 5.80. The zero-order chi connectivity index (χ0) is 22.7. The number of benzene rings is 2. The van der Waals surface area contributed by atoms with Crippen molar-refractivity contribution in [2.45, 2.75) is 19.4 Å². The lowest BCUT2D eigenvalue weighted by Crippen LogP contribution is -2.31. The van der Waals surface area contributed by atoms with Crippen LogP contribution < -0.4 is 4.74 Å².